The molecule has 1 amide bonds. The second kappa shape index (κ2) is 7.31. The number of rotatable bonds is 5. The van der Waals surface area contributed by atoms with Gasteiger partial charge in [0.2, 0.25) is 0 Å². The van der Waals surface area contributed by atoms with Crippen LogP contribution in [0.25, 0.3) is 0 Å². The van der Waals surface area contributed by atoms with Gasteiger partial charge in [-0.3, -0.25) is 9.78 Å². The van der Waals surface area contributed by atoms with Gasteiger partial charge in [0.1, 0.15) is 12.2 Å². The molecule has 0 unspecified atom stereocenters. The summed E-state index contributed by atoms with van der Waals surface area (Å²) in [5, 5.41) is 21.3. The number of hydrogen-bond donors (Lipinski definition) is 2. The van der Waals surface area contributed by atoms with Crippen LogP contribution in [0.4, 0.5) is 0 Å². The Balaban J connectivity index is 1.56. The Bertz CT molecular complexity index is 725. The fourth-order valence-electron chi connectivity index (χ4n) is 3.40. The molecule has 7 nitrogen and oxygen atoms in total. The van der Waals surface area contributed by atoms with Crippen LogP contribution in [0, 0.1) is 5.92 Å². The zero-order valence-corrected chi connectivity index (χ0v) is 14.9. The average Bonchev–Trinajstić information content (AvgIpc) is 3.18. The van der Waals surface area contributed by atoms with E-state index in [1.807, 2.05) is 17.7 Å². The molecule has 1 aliphatic carbocycles. The summed E-state index contributed by atoms with van der Waals surface area (Å²) in [6, 6.07) is 3.68. The smallest absolute Gasteiger partial charge is 0.252 e. The number of amides is 1. The number of aryl methyl sites for hydroxylation is 1. The monoisotopic (exact) mass is 343 g/mol. The molecule has 2 aromatic heterocycles. The Hall–Kier alpha value is -2.28. The van der Waals surface area contributed by atoms with Crippen molar-refractivity contribution in [3.05, 3.63) is 41.7 Å². The minimum absolute atomic E-state index is 0.0218. The number of hydrogen-bond acceptors (Lipinski definition) is 5. The third-order valence-corrected chi connectivity index (χ3v) is 4.93. The van der Waals surface area contributed by atoms with Crippen molar-refractivity contribution in [3.63, 3.8) is 0 Å². The van der Waals surface area contributed by atoms with Gasteiger partial charge in [0.05, 0.1) is 11.7 Å². The first kappa shape index (κ1) is 17.5. The van der Waals surface area contributed by atoms with E-state index in [4.69, 9.17) is 0 Å². The van der Waals surface area contributed by atoms with E-state index in [0.29, 0.717) is 24.4 Å². The van der Waals surface area contributed by atoms with Crippen molar-refractivity contribution in [3.8, 4) is 0 Å². The molecule has 134 valence electrons. The van der Waals surface area contributed by atoms with Gasteiger partial charge >= 0.3 is 0 Å². The Morgan fingerprint density at radius 1 is 1.40 bits per heavy atom. The highest BCUT2D eigenvalue weighted by atomic mass is 16.3. The molecule has 1 saturated carbocycles. The molecule has 0 radical (unpaired) electrons. The zero-order valence-electron chi connectivity index (χ0n) is 14.9. The molecule has 7 heteroatoms. The van der Waals surface area contributed by atoms with E-state index >= 15 is 0 Å². The lowest BCUT2D eigenvalue weighted by atomic mass is 10.0. The highest BCUT2D eigenvalue weighted by Gasteiger charge is 2.36. The lowest BCUT2D eigenvalue weighted by molar-refractivity contribution is 0.0916. The first-order chi connectivity index (χ1) is 12.0. The molecule has 0 aromatic carbocycles. The van der Waals surface area contributed by atoms with Crippen LogP contribution in [0.5, 0.6) is 0 Å². The summed E-state index contributed by atoms with van der Waals surface area (Å²) in [7, 11) is 1.91. The SMILES string of the molecule is CC(C)c1ccc(C(=O)NC[C@H]2C[C@H](c3nncn3C)C[C@H]2O)cn1. The summed E-state index contributed by atoms with van der Waals surface area (Å²) in [4.78, 5) is 16.6. The predicted molar refractivity (Wildman–Crippen MR) is 93.1 cm³/mol. The Morgan fingerprint density at radius 2 is 2.20 bits per heavy atom. The van der Waals surface area contributed by atoms with Crippen LogP contribution in [0.1, 0.15) is 60.4 Å². The maximum absolute atomic E-state index is 12.3. The van der Waals surface area contributed by atoms with E-state index in [2.05, 4.69) is 34.3 Å². The number of aliphatic hydroxyl groups excluding tert-OH is 1. The summed E-state index contributed by atoms with van der Waals surface area (Å²) >= 11 is 0. The van der Waals surface area contributed by atoms with Crippen molar-refractivity contribution in [1.29, 1.82) is 0 Å². The van der Waals surface area contributed by atoms with Crippen LogP contribution in [0.3, 0.4) is 0 Å². The standard InChI is InChI=1S/C18H25N5O2/c1-11(2)15-5-4-12(8-19-15)18(25)20-9-14-6-13(7-16(14)24)17-22-21-10-23(17)3/h4-5,8,10-11,13-14,16,24H,6-7,9H2,1-3H3,(H,20,25)/t13-,14+,16+/m0/s1. The fraction of sp³-hybridized carbons (Fsp3) is 0.556. The number of aliphatic hydroxyl groups is 1. The first-order valence-electron chi connectivity index (χ1n) is 8.71. The van der Waals surface area contributed by atoms with Crippen LogP contribution >= 0.6 is 0 Å². The fourth-order valence-corrected chi connectivity index (χ4v) is 3.40. The molecular formula is C18H25N5O2. The maximum Gasteiger partial charge on any atom is 0.252 e. The van der Waals surface area contributed by atoms with E-state index in [-0.39, 0.29) is 17.7 Å². The van der Waals surface area contributed by atoms with Crippen LogP contribution in [-0.2, 0) is 7.05 Å². The molecular weight excluding hydrogens is 318 g/mol. The number of pyridine rings is 1. The molecule has 0 aliphatic heterocycles. The average molecular weight is 343 g/mol. The Morgan fingerprint density at radius 3 is 2.80 bits per heavy atom. The molecule has 0 bridgehead atoms. The topological polar surface area (TPSA) is 92.9 Å². The van der Waals surface area contributed by atoms with Gasteiger partial charge in [-0.05, 0) is 30.9 Å². The van der Waals surface area contributed by atoms with Gasteiger partial charge in [0, 0.05) is 37.3 Å². The number of carbonyl (C=O) groups is 1. The minimum atomic E-state index is -0.441. The van der Waals surface area contributed by atoms with Gasteiger partial charge in [-0.25, -0.2) is 0 Å². The van der Waals surface area contributed by atoms with Crippen molar-refractivity contribution in [2.45, 2.75) is 44.6 Å². The maximum atomic E-state index is 12.3. The van der Waals surface area contributed by atoms with Gasteiger partial charge in [0.25, 0.3) is 5.91 Å². The van der Waals surface area contributed by atoms with E-state index < -0.39 is 6.10 Å². The summed E-state index contributed by atoms with van der Waals surface area (Å²) in [5.74, 6) is 1.27. The third kappa shape index (κ3) is 3.87. The lowest BCUT2D eigenvalue weighted by Crippen LogP contribution is -2.32. The molecule has 1 aliphatic rings. The minimum Gasteiger partial charge on any atom is -0.393 e. The van der Waals surface area contributed by atoms with Crippen molar-refractivity contribution < 1.29 is 9.90 Å². The van der Waals surface area contributed by atoms with Gasteiger partial charge in [-0.1, -0.05) is 13.8 Å². The summed E-state index contributed by atoms with van der Waals surface area (Å²) in [6.45, 7) is 4.58. The van der Waals surface area contributed by atoms with E-state index in [9.17, 15) is 9.90 Å². The van der Waals surface area contributed by atoms with Crippen LogP contribution in [-0.4, -0.2) is 43.4 Å². The van der Waals surface area contributed by atoms with Crippen molar-refractivity contribution in [1.82, 2.24) is 25.1 Å². The molecule has 3 rings (SSSR count). The quantitative estimate of drug-likeness (QED) is 0.860. The van der Waals surface area contributed by atoms with E-state index in [1.165, 1.54) is 0 Å². The van der Waals surface area contributed by atoms with Gasteiger partial charge in [-0.2, -0.15) is 0 Å². The van der Waals surface area contributed by atoms with Crippen LogP contribution < -0.4 is 5.32 Å². The highest BCUT2D eigenvalue weighted by Crippen LogP contribution is 2.37. The third-order valence-electron chi connectivity index (χ3n) is 4.93. The molecule has 3 atom stereocenters. The summed E-state index contributed by atoms with van der Waals surface area (Å²) in [5.41, 5.74) is 1.51. The van der Waals surface area contributed by atoms with Crippen LogP contribution in [0.15, 0.2) is 24.7 Å². The number of nitrogens with zero attached hydrogens (tertiary/aromatic N) is 4. The molecule has 0 saturated heterocycles. The van der Waals surface area contributed by atoms with Gasteiger partial charge in [0.15, 0.2) is 0 Å². The van der Waals surface area contributed by atoms with Crippen LogP contribution in [0.2, 0.25) is 0 Å². The largest absolute Gasteiger partial charge is 0.393 e. The number of carbonyl (C=O) groups excluding carboxylic acids is 1. The molecule has 1 fully saturated rings. The molecule has 2 heterocycles. The zero-order chi connectivity index (χ0) is 18.0. The number of aromatic nitrogens is 4. The van der Waals surface area contributed by atoms with Crippen molar-refractivity contribution >= 4 is 5.91 Å². The first-order valence-corrected chi connectivity index (χ1v) is 8.71. The van der Waals surface area contributed by atoms with Crippen molar-refractivity contribution in [2.75, 3.05) is 6.54 Å². The second-order valence-electron chi connectivity index (χ2n) is 7.13. The highest BCUT2D eigenvalue weighted by molar-refractivity contribution is 5.93. The predicted octanol–water partition coefficient (Wildman–Crippen LogP) is 1.62. The second-order valence-corrected chi connectivity index (χ2v) is 7.13. The summed E-state index contributed by atoms with van der Waals surface area (Å²) < 4.78 is 1.89. The van der Waals surface area contributed by atoms with Crippen molar-refractivity contribution in [2.24, 2.45) is 13.0 Å². The molecule has 2 aromatic rings. The molecule has 25 heavy (non-hydrogen) atoms. The summed E-state index contributed by atoms with van der Waals surface area (Å²) in [6.07, 6.45) is 4.28. The molecule has 0 spiro atoms. The van der Waals surface area contributed by atoms with Gasteiger partial charge in [-0.15, -0.1) is 10.2 Å². The van der Waals surface area contributed by atoms with E-state index in [0.717, 1.165) is 17.9 Å². The Kier molecular flexibility index (Phi) is 5.13. The van der Waals surface area contributed by atoms with E-state index in [1.54, 1.807) is 18.6 Å². The lowest BCUT2D eigenvalue weighted by Gasteiger charge is -2.15. The number of nitrogens with one attached hydrogen (secondary N) is 1. The molecule has 2 N–H and O–H groups in total. The normalized spacial score (nSPS) is 23.2. The Labute approximate surface area is 147 Å². The van der Waals surface area contributed by atoms with Gasteiger partial charge < -0.3 is 15.0 Å².